The molecule has 0 spiro atoms. The van der Waals surface area contributed by atoms with Crippen LogP contribution in [0.5, 0.6) is 5.75 Å². The summed E-state index contributed by atoms with van der Waals surface area (Å²) in [6.45, 7) is 2.22. The Hall–Kier alpha value is -2.18. The lowest BCUT2D eigenvalue weighted by molar-refractivity contribution is -0.275. The quantitative estimate of drug-likeness (QED) is 0.240. The lowest BCUT2D eigenvalue weighted by Crippen LogP contribution is -2.17. The van der Waals surface area contributed by atoms with Crippen LogP contribution in [0.4, 0.5) is 26.3 Å². The Balaban J connectivity index is 1.54. The van der Waals surface area contributed by atoms with Crippen LogP contribution < -0.4 is 4.74 Å². The van der Waals surface area contributed by atoms with Crippen LogP contribution in [0.25, 0.3) is 11.1 Å². The fourth-order valence-electron chi connectivity index (χ4n) is 5.00. The van der Waals surface area contributed by atoms with E-state index in [1.165, 1.54) is 63.5 Å². The van der Waals surface area contributed by atoms with Gasteiger partial charge in [-0.2, -0.15) is 0 Å². The number of hydrogen-bond acceptors (Lipinski definition) is 1. The molecule has 1 aliphatic rings. The third-order valence-corrected chi connectivity index (χ3v) is 6.81. The van der Waals surface area contributed by atoms with Gasteiger partial charge in [-0.3, -0.25) is 0 Å². The summed E-state index contributed by atoms with van der Waals surface area (Å²) < 4.78 is 83.8. The molecule has 34 heavy (non-hydrogen) atoms. The average Bonchev–Trinajstić information content (AvgIpc) is 2.76. The monoisotopic (exact) mass is 486 g/mol. The lowest BCUT2D eigenvalue weighted by atomic mass is 9.78. The number of halogens is 6. The number of alkyl halides is 3. The highest BCUT2D eigenvalue weighted by atomic mass is 19.4. The topological polar surface area (TPSA) is 9.23 Å². The molecule has 0 aromatic heterocycles. The van der Waals surface area contributed by atoms with Crippen molar-refractivity contribution in [2.45, 2.75) is 83.9 Å². The minimum absolute atomic E-state index is 0.190. The first kappa shape index (κ1) is 26.4. The number of ether oxygens (including phenoxy) is 1. The van der Waals surface area contributed by atoms with Crippen LogP contribution in [0, 0.1) is 29.3 Å². The molecule has 1 fully saturated rings. The maximum absolute atomic E-state index is 14.7. The van der Waals surface area contributed by atoms with E-state index >= 15 is 0 Å². The molecule has 188 valence electrons. The highest BCUT2D eigenvalue weighted by Gasteiger charge is 2.32. The van der Waals surface area contributed by atoms with Crippen LogP contribution in [0.3, 0.4) is 0 Å². The van der Waals surface area contributed by atoms with Crippen molar-refractivity contribution in [1.29, 1.82) is 0 Å². The second-order valence-corrected chi connectivity index (χ2v) is 9.40. The van der Waals surface area contributed by atoms with Gasteiger partial charge in [-0.05, 0) is 60.1 Å². The van der Waals surface area contributed by atoms with Crippen molar-refractivity contribution in [2.75, 3.05) is 0 Å². The van der Waals surface area contributed by atoms with Crippen LogP contribution in [0.1, 0.15) is 76.7 Å². The molecule has 0 amide bonds. The summed E-state index contributed by atoms with van der Waals surface area (Å²) in [4.78, 5) is 0. The Labute approximate surface area is 197 Å². The SMILES string of the molecule is CCCCCC1CCC(CCCc2cc(F)c(-c3ccc(OC(F)(F)F)c(F)c3)c(F)c2)CC1. The summed E-state index contributed by atoms with van der Waals surface area (Å²) in [5, 5.41) is 0. The van der Waals surface area contributed by atoms with E-state index < -0.39 is 35.1 Å². The van der Waals surface area contributed by atoms with Gasteiger partial charge < -0.3 is 4.74 Å². The van der Waals surface area contributed by atoms with Gasteiger partial charge in [-0.1, -0.05) is 70.8 Å². The van der Waals surface area contributed by atoms with E-state index in [9.17, 15) is 26.3 Å². The zero-order valence-electron chi connectivity index (χ0n) is 19.5. The summed E-state index contributed by atoms with van der Waals surface area (Å²) in [7, 11) is 0. The fourth-order valence-corrected chi connectivity index (χ4v) is 5.00. The predicted octanol–water partition coefficient (Wildman–Crippen LogP) is 9.38. The lowest BCUT2D eigenvalue weighted by Gasteiger charge is -2.28. The van der Waals surface area contributed by atoms with Crippen molar-refractivity contribution in [2.24, 2.45) is 11.8 Å². The van der Waals surface area contributed by atoms with E-state index in [1.807, 2.05) is 0 Å². The molecule has 0 unspecified atom stereocenters. The molecule has 2 aromatic rings. The first-order valence-electron chi connectivity index (χ1n) is 12.2. The maximum Gasteiger partial charge on any atom is 0.573 e. The smallest absolute Gasteiger partial charge is 0.403 e. The van der Waals surface area contributed by atoms with Crippen molar-refractivity contribution >= 4 is 0 Å². The molecule has 2 aromatic carbocycles. The first-order valence-corrected chi connectivity index (χ1v) is 12.2. The van der Waals surface area contributed by atoms with Crippen molar-refractivity contribution in [3.63, 3.8) is 0 Å². The van der Waals surface area contributed by atoms with Crippen molar-refractivity contribution in [3.8, 4) is 16.9 Å². The van der Waals surface area contributed by atoms with Crippen LogP contribution in [-0.2, 0) is 6.42 Å². The van der Waals surface area contributed by atoms with Gasteiger partial charge in [0, 0.05) is 0 Å². The van der Waals surface area contributed by atoms with Crippen LogP contribution >= 0.6 is 0 Å². The third-order valence-electron chi connectivity index (χ3n) is 6.81. The molecule has 0 radical (unpaired) electrons. The normalized spacial score (nSPS) is 18.8. The molecule has 0 aliphatic heterocycles. The molecule has 7 heteroatoms. The van der Waals surface area contributed by atoms with Gasteiger partial charge in [0.1, 0.15) is 11.6 Å². The van der Waals surface area contributed by atoms with E-state index in [0.717, 1.165) is 24.8 Å². The Morgan fingerprint density at radius 1 is 0.794 bits per heavy atom. The highest BCUT2D eigenvalue weighted by Crippen LogP contribution is 2.35. The Morgan fingerprint density at radius 2 is 1.38 bits per heavy atom. The Bertz CT molecular complexity index is 908. The summed E-state index contributed by atoms with van der Waals surface area (Å²) in [5.74, 6) is -2.63. The third kappa shape index (κ3) is 7.67. The number of benzene rings is 2. The minimum atomic E-state index is -5.06. The van der Waals surface area contributed by atoms with Gasteiger partial charge >= 0.3 is 6.36 Å². The number of hydrogen-bond donors (Lipinski definition) is 0. The molecule has 1 saturated carbocycles. The summed E-state index contributed by atoms with van der Waals surface area (Å²) in [5.41, 5.74) is -0.142. The second-order valence-electron chi connectivity index (χ2n) is 9.40. The van der Waals surface area contributed by atoms with Gasteiger partial charge in [0.15, 0.2) is 11.6 Å². The standard InChI is InChI=1S/C27H32F6O/c1-2-3-4-6-18-9-11-19(12-10-18)7-5-8-20-15-23(29)26(24(30)16-20)21-13-14-25(22(28)17-21)34-27(31,32)33/h13-19H,2-12H2,1H3. The Morgan fingerprint density at radius 3 is 1.91 bits per heavy atom. The predicted molar refractivity (Wildman–Crippen MR) is 121 cm³/mol. The van der Waals surface area contributed by atoms with Gasteiger partial charge in [0.2, 0.25) is 0 Å². The van der Waals surface area contributed by atoms with E-state index in [0.29, 0.717) is 30.0 Å². The molecule has 0 heterocycles. The summed E-state index contributed by atoms with van der Waals surface area (Å²) >= 11 is 0. The molecule has 1 nitrogen and oxygen atoms in total. The van der Waals surface area contributed by atoms with E-state index in [2.05, 4.69) is 11.7 Å². The molecule has 0 atom stereocenters. The minimum Gasteiger partial charge on any atom is -0.403 e. The Kier molecular flexibility index (Phi) is 9.31. The van der Waals surface area contributed by atoms with Gasteiger partial charge in [-0.25, -0.2) is 13.2 Å². The van der Waals surface area contributed by atoms with Crippen molar-refractivity contribution in [1.82, 2.24) is 0 Å². The zero-order chi connectivity index (χ0) is 24.7. The van der Waals surface area contributed by atoms with Crippen LogP contribution in [-0.4, -0.2) is 6.36 Å². The fraction of sp³-hybridized carbons (Fsp3) is 0.556. The molecular weight excluding hydrogens is 454 g/mol. The van der Waals surface area contributed by atoms with E-state index in [1.54, 1.807) is 0 Å². The molecular formula is C27H32F6O. The van der Waals surface area contributed by atoms with Crippen molar-refractivity contribution < 1.29 is 31.1 Å². The second kappa shape index (κ2) is 12.0. The van der Waals surface area contributed by atoms with E-state index in [4.69, 9.17) is 0 Å². The zero-order valence-corrected chi connectivity index (χ0v) is 19.5. The van der Waals surface area contributed by atoms with Gasteiger partial charge in [-0.15, -0.1) is 13.2 Å². The molecule has 0 bridgehead atoms. The molecule has 0 saturated heterocycles. The molecule has 3 rings (SSSR count). The number of aryl methyl sites for hydroxylation is 1. The number of unbranched alkanes of at least 4 members (excludes halogenated alkanes) is 2. The maximum atomic E-state index is 14.7. The van der Waals surface area contributed by atoms with Gasteiger partial charge in [0.25, 0.3) is 0 Å². The number of rotatable bonds is 10. The summed E-state index contributed by atoms with van der Waals surface area (Å²) in [6, 6.07) is 4.80. The molecule has 0 N–H and O–H groups in total. The van der Waals surface area contributed by atoms with Crippen LogP contribution in [0.15, 0.2) is 30.3 Å². The van der Waals surface area contributed by atoms with Crippen LogP contribution in [0.2, 0.25) is 0 Å². The molecule has 1 aliphatic carbocycles. The van der Waals surface area contributed by atoms with Crippen molar-refractivity contribution in [3.05, 3.63) is 53.3 Å². The first-order chi connectivity index (χ1) is 16.2. The highest BCUT2D eigenvalue weighted by molar-refractivity contribution is 5.66. The largest absolute Gasteiger partial charge is 0.573 e. The van der Waals surface area contributed by atoms with Gasteiger partial charge in [0.05, 0.1) is 5.56 Å². The summed E-state index contributed by atoms with van der Waals surface area (Å²) in [6.07, 6.45) is 7.52. The average molecular weight is 487 g/mol. The van der Waals surface area contributed by atoms with E-state index in [-0.39, 0.29) is 5.56 Å².